The Morgan fingerprint density at radius 3 is 2.81 bits per heavy atom. The zero-order valence-electron chi connectivity index (χ0n) is 12.5. The van der Waals surface area contributed by atoms with Crippen molar-refractivity contribution in [2.24, 2.45) is 0 Å². The van der Waals surface area contributed by atoms with E-state index < -0.39 is 0 Å². The summed E-state index contributed by atoms with van der Waals surface area (Å²) in [5, 5.41) is 10.2. The molecule has 4 heteroatoms. The topological polar surface area (TPSA) is 42.7 Å². The molecule has 0 amide bonds. The molecule has 0 aliphatic rings. The Morgan fingerprint density at radius 2 is 2.05 bits per heavy atom. The van der Waals surface area contributed by atoms with E-state index in [2.05, 4.69) is 41.6 Å². The lowest BCUT2D eigenvalue weighted by Crippen LogP contribution is -2.15. The number of benzene rings is 1. The largest absolute Gasteiger partial charge is 0.311 e. The molecule has 0 aliphatic carbocycles. The smallest absolute Gasteiger partial charge is 0.161 e. The van der Waals surface area contributed by atoms with Gasteiger partial charge in [-0.25, -0.2) is 9.67 Å². The molecule has 3 rings (SSSR count). The van der Waals surface area contributed by atoms with Gasteiger partial charge in [0.25, 0.3) is 0 Å². The van der Waals surface area contributed by atoms with Gasteiger partial charge in [0, 0.05) is 18.1 Å². The number of rotatable bonds is 5. The minimum Gasteiger partial charge on any atom is -0.311 e. The first-order valence-corrected chi connectivity index (χ1v) is 7.40. The standard InChI is InChI=1S/C17H20N4/c1-3-9-18-12-15-11-14-6-4-5-7-16(14)17(19-15)21-10-8-13(2)20-21/h4-8,10-11,18H,3,9,12H2,1-2H3. The van der Waals surface area contributed by atoms with Crippen LogP contribution >= 0.6 is 0 Å². The average molecular weight is 280 g/mol. The first-order valence-electron chi connectivity index (χ1n) is 7.40. The van der Waals surface area contributed by atoms with Crippen molar-refractivity contribution in [3.8, 4) is 5.82 Å². The molecule has 0 aliphatic heterocycles. The van der Waals surface area contributed by atoms with E-state index in [1.165, 1.54) is 5.39 Å². The van der Waals surface area contributed by atoms with Crippen LogP contribution in [-0.4, -0.2) is 21.3 Å². The number of aromatic nitrogens is 3. The van der Waals surface area contributed by atoms with E-state index in [9.17, 15) is 0 Å². The van der Waals surface area contributed by atoms with Crippen molar-refractivity contribution in [1.82, 2.24) is 20.1 Å². The maximum Gasteiger partial charge on any atom is 0.161 e. The number of fused-ring (bicyclic) bond motifs is 1. The van der Waals surface area contributed by atoms with E-state index in [0.717, 1.165) is 42.1 Å². The van der Waals surface area contributed by atoms with Crippen molar-refractivity contribution in [3.63, 3.8) is 0 Å². The molecule has 1 N–H and O–H groups in total. The van der Waals surface area contributed by atoms with Crippen molar-refractivity contribution >= 4 is 10.8 Å². The summed E-state index contributed by atoms with van der Waals surface area (Å²) in [4.78, 5) is 4.79. The van der Waals surface area contributed by atoms with Gasteiger partial charge in [0.1, 0.15) is 0 Å². The quantitative estimate of drug-likeness (QED) is 0.730. The predicted molar refractivity (Wildman–Crippen MR) is 85.6 cm³/mol. The Bertz CT molecular complexity index is 745. The third-order valence-electron chi connectivity index (χ3n) is 3.45. The van der Waals surface area contributed by atoms with Crippen LogP contribution in [-0.2, 0) is 6.54 Å². The summed E-state index contributed by atoms with van der Waals surface area (Å²) in [6.07, 6.45) is 3.09. The van der Waals surface area contributed by atoms with Gasteiger partial charge in [-0.15, -0.1) is 0 Å². The fraction of sp³-hybridized carbons (Fsp3) is 0.294. The number of pyridine rings is 1. The zero-order valence-corrected chi connectivity index (χ0v) is 12.5. The Hall–Kier alpha value is -2.20. The van der Waals surface area contributed by atoms with E-state index in [0.29, 0.717) is 0 Å². The van der Waals surface area contributed by atoms with Crippen LogP contribution in [0, 0.1) is 6.92 Å². The van der Waals surface area contributed by atoms with E-state index in [4.69, 9.17) is 4.98 Å². The number of nitrogens with one attached hydrogen (secondary N) is 1. The molecule has 2 heterocycles. The van der Waals surface area contributed by atoms with Crippen molar-refractivity contribution in [2.75, 3.05) is 6.54 Å². The molecule has 2 aromatic heterocycles. The van der Waals surface area contributed by atoms with Crippen molar-refractivity contribution < 1.29 is 0 Å². The van der Waals surface area contributed by atoms with Crippen LogP contribution in [0.4, 0.5) is 0 Å². The summed E-state index contributed by atoms with van der Waals surface area (Å²) in [7, 11) is 0. The molecule has 0 saturated carbocycles. The summed E-state index contributed by atoms with van der Waals surface area (Å²) < 4.78 is 1.86. The number of aryl methyl sites for hydroxylation is 1. The van der Waals surface area contributed by atoms with Crippen molar-refractivity contribution in [1.29, 1.82) is 0 Å². The van der Waals surface area contributed by atoms with Gasteiger partial charge in [-0.05, 0) is 37.4 Å². The minimum absolute atomic E-state index is 0.784. The van der Waals surface area contributed by atoms with Crippen LogP contribution in [0.2, 0.25) is 0 Å². The normalized spacial score (nSPS) is 11.1. The number of hydrogen-bond acceptors (Lipinski definition) is 3. The lowest BCUT2D eigenvalue weighted by Gasteiger charge is -2.10. The molecule has 0 bridgehead atoms. The Labute approximate surface area is 124 Å². The molecule has 0 saturated heterocycles. The molecule has 0 unspecified atom stereocenters. The molecule has 0 radical (unpaired) electrons. The molecule has 4 nitrogen and oxygen atoms in total. The van der Waals surface area contributed by atoms with E-state index in [1.807, 2.05) is 29.9 Å². The lowest BCUT2D eigenvalue weighted by molar-refractivity contribution is 0.662. The Balaban J connectivity index is 2.07. The molecular formula is C17H20N4. The first-order chi connectivity index (χ1) is 10.3. The molecule has 3 aromatic rings. The third-order valence-corrected chi connectivity index (χ3v) is 3.45. The van der Waals surface area contributed by atoms with Crippen molar-refractivity contribution in [2.45, 2.75) is 26.8 Å². The van der Waals surface area contributed by atoms with Gasteiger partial charge >= 0.3 is 0 Å². The fourth-order valence-corrected chi connectivity index (χ4v) is 2.43. The third kappa shape index (κ3) is 2.95. The minimum atomic E-state index is 0.784. The molecule has 0 atom stereocenters. The monoisotopic (exact) mass is 280 g/mol. The van der Waals surface area contributed by atoms with Crippen LogP contribution in [0.3, 0.4) is 0 Å². The highest BCUT2D eigenvalue weighted by Crippen LogP contribution is 2.21. The summed E-state index contributed by atoms with van der Waals surface area (Å²) in [5.74, 6) is 0.898. The van der Waals surface area contributed by atoms with Gasteiger partial charge in [0.15, 0.2) is 5.82 Å². The van der Waals surface area contributed by atoms with Crippen LogP contribution in [0.5, 0.6) is 0 Å². The van der Waals surface area contributed by atoms with E-state index >= 15 is 0 Å². The highest BCUT2D eigenvalue weighted by molar-refractivity contribution is 5.88. The van der Waals surface area contributed by atoms with Crippen LogP contribution in [0.25, 0.3) is 16.6 Å². The Kier molecular flexibility index (Phi) is 3.97. The predicted octanol–water partition coefficient (Wildman–Crippen LogP) is 3.23. The molecule has 0 spiro atoms. The van der Waals surface area contributed by atoms with Gasteiger partial charge in [-0.2, -0.15) is 5.10 Å². The van der Waals surface area contributed by atoms with E-state index in [-0.39, 0.29) is 0 Å². The molecule has 0 fully saturated rings. The first kappa shape index (κ1) is 13.8. The highest BCUT2D eigenvalue weighted by Gasteiger charge is 2.08. The maximum absolute atomic E-state index is 4.79. The summed E-state index contributed by atoms with van der Waals surface area (Å²) >= 11 is 0. The molecular weight excluding hydrogens is 260 g/mol. The van der Waals surface area contributed by atoms with Gasteiger partial charge in [-0.1, -0.05) is 31.2 Å². The maximum atomic E-state index is 4.79. The SMILES string of the molecule is CCCNCc1cc2ccccc2c(-n2ccc(C)n2)n1. The average Bonchev–Trinajstić information content (AvgIpc) is 2.93. The second kappa shape index (κ2) is 6.06. The summed E-state index contributed by atoms with van der Waals surface area (Å²) in [6.45, 7) is 5.95. The Morgan fingerprint density at radius 1 is 1.19 bits per heavy atom. The van der Waals surface area contributed by atoms with Gasteiger partial charge < -0.3 is 5.32 Å². The second-order valence-corrected chi connectivity index (χ2v) is 5.24. The second-order valence-electron chi connectivity index (χ2n) is 5.24. The van der Waals surface area contributed by atoms with E-state index in [1.54, 1.807) is 0 Å². The molecule has 1 aromatic carbocycles. The van der Waals surface area contributed by atoms with Crippen LogP contribution < -0.4 is 5.32 Å². The highest BCUT2D eigenvalue weighted by atomic mass is 15.3. The summed E-state index contributed by atoms with van der Waals surface area (Å²) in [5.41, 5.74) is 2.04. The van der Waals surface area contributed by atoms with Gasteiger partial charge in [-0.3, -0.25) is 0 Å². The van der Waals surface area contributed by atoms with Crippen molar-refractivity contribution in [3.05, 3.63) is 54.0 Å². The zero-order chi connectivity index (χ0) is 14.7. The van der Waals surface area contributed by atoms with Gasteiger partial charge in [0.05, 0.1) is 11.4 Å². The lowest BCUT2D eigenvalue weighted by atomic mass is 10.1. The molecule has 21 heavy (non-hydrogen) atoms. The fourth-order valence-electron chi connectivity index (χ4n) is 2.43. The number of nitrogens with zero attached hydrogens (tertiary/aromatic N) is 3. The van der Waals surface area contributed by atoms with Crippen LogP contribution in [0.15, 0.2) is 42.6 Å². The van der Waals surface area contributed by atoms with Gasteiger partial charge in [0.2, 0.25) is 0 Å². The summed E-state index contributed by atoms with van der Waals surface area (Å²) in [6, 6.07) is 12.5. The number of hydrogen-bond donors (Lipinski definition) is 1. The molecule has 108 valence electrons. The van der Waals surface area contributed by atoms with Crippen LogP contribution in [0.1, 0.15) is 24.7 Å².